The maximum Gasteiger partial charge on any atom is 0.306 e. The van der Waals surface area contributed by atoms with Crippen molar-refractivity contribution in [2.75, 3.05) is 26.2 Å². The van der Waals surface area contributed by atoms with E-state index in [1.54, 1.807) is 0 Å². The van der Waals surface area contributed by atoms with Gasteiger partial charge in [-0.15, -0.1) is 0 Å². The van der Waals surface area contributed by atoms with Crippen molar-refractivity contribution in [2.24, 2.45) is 11.8 Å². The van der Waals surface area contributed by atoms with E-state index in [2.05, 4.69) is 5.32 Å². The van der Waals surface area contributed by atoms with Crippen LogP contribution in [0.4, 0.5) is 0 Å². The first-order valence-corrected chi connectivity index (χ1v) is 7.90. The van der Waals surface area contributed by atoms with Gasteiger partial charge in [-0.3, -0.25) is 9.59 Å². The molecule has 2 N–H and O–H groups in total. The van der Waals surface area contributed by atoms with Gasteiger partial charge < -0.3 is 15.3 Å². The number of likely N-dealkylation sites (tertiary alicyclic amines) is 1. The van der Waals surface area contributed by atoms with Crippen molar-refractivity contribution in [3.05, 3.63) is 0 Å². The number of carbonyl (C=O) groups is 2. The van der Waals surface area contributed by atoms with Gasteiger partial charge in [0.2, 0.25) is 5.91 Å². The maximum atomic E-state index is 12.0. The van der Waals surface area contributed by atoms with E-state index in [0.29, 0.717) is 13.1 Å². The van der Waals surface area contributed by atoms with Gasteiger partial charge in [0.1, 0.15) is 0 Å². The number of carbonyl (C=O) groups excluding carboxylic acids is 1. The molecule has 1 saturated carbocycles. The number of rotatable bonds is 5. The lowest BCUT2D eigenvalue weighted by Gasteiger charge is -2.30. The highest BCUT2D eigenvalue weighted by Gasteiger charge is 2.30. The molecule has 5 nitrogen and oxygen atoms in total. The molecule has 2 unspecified atom stereocenters. The molecule has 0 bridgehead atoms. The summed E-state index contributed by atoms with van der Waals surface area (Å²) in [6.45, 7) is 2.75. The number of carboxylic acid groups (broad SMARTS) is 1. The molecule has 1 amide bonds. The Morgan fingerprint density at radius 3 is 2.45 bits per heavy atom. The first-order valence-electron chi connectivity index (χ1n) is 7.90. The number of hydrogen-bond acceptors (Lipinski definition) is 3. The zero-order chi connectivity index (χ0) is 14.4. The van der Waals surface area contributed by atoms with E-state index < -0.39 is 5.97 Å². The summed E-state index contributed by atoms with van der Waals surface area (Å²) in [6, 6.07) is 0. The van der Waals surface area contributed by atoms with Gasteiger partial charge in [0.25, 0.3) is 0 Å². The fourth-order valence-corrected chi connectivity index (χ4v) is 3.40. The van der Waals surface area contributed by atoms with Crippen LogP contribution in [0.15, 0.2) is 0 Å². The SMILES string of the molecule is O=C(O)C1CCCCC1CNCC(=O)N1CCCCC1. The smallest absolute Gasteiger partial charge is 0.306 e. The molecule has 0 aromatic rings. The molecule has 0 spiro atoms. The largest absolute Gasteiger partial charge is 0.481 e. The van der Waals surface area contributed by atoms with Crippen molar-refractivity contribution < 1.29 is 14.7 Å². The number of carboxylic acids is 1. The first-order chi connectivity index (χ1) is 9.68. The molecule has 1 heterocycles. The third-order valence-corrected chi connectivity index (χ3v) is 4.62. The number of piperidine rings is 1. The van der Waals surface area contributed by atoms with E-state index in [9.17, 15) is 14.7 Å². The van der Waals surface area contributed by atoms with Crippen LogP contribution in [-0.4, -0.2) is 48.1 Å². The average Bonchev–Trinajstić information content (AvgIpc) is 2.48. The normalized spacial score (nSPS) is 27.3. The molecule has 5 heteroatoms. The predicted molar refractivity (Wildman–Crippen MR) is 76.4 cm³/mol. The summed E-state index contributed by atoms with van der Waals surface area (Å²) < 4.78 is 0. The molecular weight excluding hydrogens is 256 g/mol. The summed E-state index contributed by atoms with van der Waals surface area (Å²) in [5.41, 5.74) is 0. The molecule has 2 rings (SSSR count). The van der Waals surface area contributed by atoms with E-state index in [0.717, 1.165) is 51.6 Å². The van der Waals surface area contributed by atoms with E-state index in [-0.39, 0.29) is 17.7 Å². The highest BCUT2D eigenvalue weighted by Crippen LogP contribution is 2.29. The Hall–Kier alpha value is -1.10. The van der Waals surface area contributed by atoms with Crippen LogP contribution >= 0.6 is 0 Å². The fraction of sp³-hybridized carbons (Fsp3) is 0.867. The summed E-state index contributed by atoms with van der Waals surface area (Å²) in [5, 5.41) is 12.4. The Kier molecular flexibility index (Phi) is 5.83. The number of hydrogen-bond donors (Lipinski definition) is 2. The highest BCUT2D eigenvalue weighted by atomic mass is 16.4. The lowest BCUT2D eigenvalue weighted by atomic mass is 9.79. The minimum absolute atomic E-state index is 0.160. The summed E-state index contributed by atoms with van der Waals surface area (Å²) in [5.74, 6) is -0.581. The van der Waals surface area contributed by atoms with Gasteiger partial charge in [-0.2, -0.15) is 0 Å². The van der Waals surface area contributed by atoms with Crippen LogP contribution < -0.4 is 5.32 Å². The maximum absolute atomic E-state index is 12.0. The predicted octanol–water partition coefficient (Wildman–Crippen LogP) is 1.48. The quantitative estimate of drug-likeness (QED) is 0.801. The van der Waals surface area contributed by atoms with Gasteiger partial charge in [0.15, 0.2) is 0 Å². The fourth-order valence-electron chi connectivity index (χ4n) is 3.40. The second kappa shape index (κ2) is 7.62. The zero-order valence-corrected chi connectivity index (χ0v) is 12.1. The Morgan fingerprint density at radius 2 is 1.75 bits per heavy atom. The molecule has 20 heavy (non-hydrogen) atoms. The Balaban J connectivity index is 1.71. The summed E-state index contributed by atoms with van der Waals surface area (Å²) in [4.78, 5) is 25.1. The van der Waals surface area contributed by atoms with Gasteiger partial charge in [0, 0.05) is 13.1 Å². The van der Waals surface area contributed by atoms with Gasteiger partial charge in [0.05, 0.1) is 12.5 Å². The monoisotopic (exact) mass is 282 g/mol. The van der Waals surface area contributed by atoms with Crippen molar-refractivity contribution >= 4 is 11.9 Å². The molecule has 2 atom stereocenters. The number of nitrogens with one attached hydrogen (secondary N) is 1. The molecule has 2 fully saturated rings. The van der Waals surface area contributed by atoms with Crippen LogP contribution in [0.5, 0.6) is 0 Å². The number of amides is 1. The third kappa shape index (κ3) is 4.20. The molecule has 1 saturated heterocycles. The summed E-state index contributed by atoms with van der Waals surface area (Å²) >= 11 is 0. The van der Waals surface area contributed by atoms with Crippen LogP contribution in [0.2, 0.25) is 0 Å². The highest BCUT2D eigenvalue weighted by molar-refractivity contribution is 5.78. The molecule has 0 aromatic heterocycles. The Labute approximate surface area is 120 Å². The van der Waals surface area contributed by atoms with Crippen molar-refractivity contribution in [1.29, 1.82) is 0 Å². The molecule has 0 aromatic carbocycles. The van der Waals surface area contributed by atoms with Crippen LogP contribution in [-0.2, 0) is 9.59 Å². The van der Waals surface area contributed by atoms with Gasteiger partial charge in [-0.05, 0) is 44.6 Å². The van der Waals surface area contributed by atoms with E-state index in [1.807, 2.05) is 4.90 Å². The van der Waals surface area contributed by atoms with Gasteiger partial charge in [-0.1, -0.05) is 12.8 Å². The Bertz CT molecular complexity index is 340. The third-order valence-electron chi connectivity index (χ3n) is 4.62. The number of nitrogens with zero attached hydrogens (tertiary/aromatic N) is 1. The summed E-state index contributed by atoms with van der Waals surface area (Å²) in [6.07, 6.45) is 7.30. The molecular formula is C15H26N2O3. The molecule has 114 valence electrons. The second-order valence-electron chi connectivity index (χ2n) is 6.06. The van der Waals surface area contributed by atoms with Crippen molar-refractivity contribution in [2.45, 2.75) is 44.9 Å². The molecule has 1 aliphatic carbocycles. The minimum atomic E-state index is -0.682. The van der Waals surface area contributed by atoms with Gasteiger partial charge in [-0.25, -0.2) is 0 Å². The molecule has 2 aliphatic rings. The standard InChI is InChI=1S/C15H26N2O3/c18-14(17-8-4-1-5-9-17)11-16-10-12-6-2-3-7-13(12)15(19)20/h12-13,16H,1-11H2,(H,19,20). The summed E-state index contributed by atoms with van der Waals surface area (Å²) in [7, 11) is 0. The molecule has 0 radical (unpaired) electrons. The zero-order valence-electron chi connectivity index (χ0n) is 12.1. The van der Waals surface area contributed by atoms with E-state index >= 15 is 0 Å². The van der Waals surface area contributed by atoms with Crippen LogP contribution in [0, 0.1) is 11.8 Å². The van der Waals surface area contributed by atoms with E-state index in [4.69, 9.17) is 0 Å². The van der Waals surface area contributed by atoms with Crippen molar-refractivity contribution in [3.63, 3.8) is 0 Å². The lowest BCUT2D eigenvalue weighted by molar-refractivity contribution is -0.144. The minimum Gasteiger partial charge on any atom is -0.481 e. The first kappa shape index (κ1) is 15.3. The van der Waals surface area contributed by atoms with Crippen molar-refractivity contribution in [1.82, 2.24) is 10.2 Å². The van der Waals surface area contributed by atoms with E-state index in [1.165, 1.54) is 6.42 Å². The lowest BCUT2D eigenvalue weighted by Crippen LogP contribution is -2.43. The second-order valence-corrected chi connectivity index (χ2v) is 6.06. The van der Waals surface area contributed by atoms with Gasteiger partial charge >= 0.3 is 5.97 Å². The van der Waals surface area contributed by atoms with Crippen LogP contribution in [0.3, 0.4) is 0 Å². The van der Waals surface area contributed by atoms with Crippen LogP contribution in [0.1, 0.15) is 44.9 Å². The number of aliphatic carboxylic acids is 1. The van der Waals surface area contributed by atoms with Crippen molar-refractivity contribution in [3.8, 4) is 0 Å². The topological polar surface area (TPSA) is 69.6 Å². The average molecular weight is 282 g/mol. The molecule has 1 aliphatic heterocycles. The Morgan fingerprint density at radius 1 is 1.05 bits per heavy atom. The van der Waals surface area contributed by atoms with Crippen LogP contribution in [0.25, 0.3) is 0 Å².